The minimum Gasteiger partial charge on any atom is -0.316 e. The molecule has 1 aliphatic rings. The first kappa shape index (κ1) is 9.49. The van der Waals surface area contributed by atoms with Gasteiger partial charge in [-0.2, -0.15) is 0 Å². The van der Waals surface area contributed by atoms with Crippen LogP contribution >= 0.6 is 27.7 Å². The predicted molar refractivity (Wildman–Crippen MR) is 59.1 cm³/mol. The highest BCUT2D eigenvalue weighted by Crippen LogP contribution is 2.25. The lowest BCUT2D eigenvalue weighted by Crippen LogP contribution is -2.10. The van der Waals surface area contributed by atoms with Crippen LogP contribution in [0.4, 0.5) is 0 Å². The monoisotopic (exact) mass is 258 g/mol. The van der Waals surface area contributed by atoms with Crippen LogP contribution in [0.15, 0.2) is 27.8 Å². The van der Waals surface area contributed by atoms with E-state index < -0.39 is 0 Å². The summed E-state index contributed by atoms with van der Waals surface area (Å²) < 4.78 is 0.920. The van der Waals surface area contributed by atoms with E-state index in [1.807, 2.05) is 23.9 Å². The van der Waals surface area contributed by atoms with Crippen LogP contribution in [0.5, 0.6) is 0 Å². The molecule has 0 bridgehead atoms. The lowest BCUT2D eigenvalue weighted by atomic mass is 10.4. The van der Waals surface area contributed by atoms with Crippen molar-refractivity contribution in [3.05, 3.63) is 22.8 Å². The Morgan fingerprint density at radius 3 is 3.15 bits per heavy atom. The first-order valence-corrected chi connectivity index (χ1v) is 6.02. The Morgan fingerprint density at radius 1 is 1.54 bits per heavy atom. The molecule has 0 saturated carbocycles. The Morgan fingerprint density at radius 2 is 2.46 bits per heavy atom. The third kappa shape index (κ3) is 2.69. The zero-order chi connectivity index (χ0) is 9.10. The van der Waals surface area contributed by atoms with Gasteiger partial charge in [0, 0.05) is 11.8 Å². The van der Waals surface area contributed by atoms with Gasteiger partial charge < -0.3 is 5.32 Å². The van der Waals surface area contributed by atoms with Gasteiger partial charge in [0.2, 0.25) is 0 Å². The SMILES string of the molecule is Brc1cccc(SC2CCNC2)n1. The van der Waals surface area contributed by atoms with E-state index in [0.717, 1.165) is 22.7 Å². The Bertz CT molecular complexity index is 287. The summed E-state index contributed by atoms with van der Waals surface area (Å²) in [4.78, 5) is 4.39. The zero-order valence-corrected chi connectivity index (χ0v) is 9.57. The fourth-order valence-corrected chi connectivity index (χ4v) is 2.90. The highest BCUT2D eigenvalue weighted by Gasteiger charge is 2.15. The maximum Gasteiger partial charge on any atom is 0.107 e. The molecule has 1 aliphatic heterocycles. The minimum absolute atomic E-state index is 0.696. The Balaban J connectivity index is 2.00. The van der Waals surface area contributed by atoms with E-state index in [4.69, 9.17) is 0 Å². The molecule has 1 saturated heterocycles. The van der Waals surface area contributed by atoms with Gasteiger partial charge in [-0.15, -0.1) is 11.8 Å². The summed E-state index contributed by atoms with van der Waals surface area (Å²) in [6, 6.07) is 6.05. The molecule has 1 fully saturated rings. The molecule has 0 aliphatic carbocycles. The maximum absolute atomic E-state index is 4.39. The molecule has 1 N–H and O–H groups in total. The van der Waals surface area contributed by atoms with Crippen LogP contribution < -0.4 is 5.32 Å². The number of nitrogens with one attached hydrogen (secondary N) is 1. The van der Waals surface area contributed by atoms with Crippen molar-refractivity contribution in [1.29, 1.82) is 0 Å². The van der Waals surface area contributed by atoms with E-state index in [1.54, 1.807) is 0 Å². The number of nitrogens with zero attached hydrogens (tertiary/aromatic N) is 1. The fraction of sp³-hybridized carbons (Fsp3) is 0.444. The molecule has 2 rings (SSSR count). The highest BCUT2D eigenvalue weighted by molar-refractivity contribution is 9.10. The van der Waals surface area contributed by atoms with Gasteiger partial charge in [-0.05, 0) is 41.0 Å². The van der Waals surface area contributed by atoms with Gasteiger partial charge >= 0.3 is 0 Å². The minimum atomic E-state index is 0.696. The third-order valence-electron chi connectivity index (χ3n) is 1.99. The number of rotatable bonds is 2. The molecule has 2 heterocycles. The summed E-state index contributed by atoms with van der Waals surface area (Å²) in [7, 11) is 0. The van der Waals surface area contributed by atoms with Crippen LogP contribution in [0.1, 0.15) is 6.42 Å². The van der Waals surface area contributed by atoms with Crippen LogP contribution in [-0.2, 0) is 0 Å². The lowest BCUT2D eigenvalue weighted by molar-refractivity contribution is 0.858. The van der Waals surface area contributed by atoms with Crippen molar-refractivity contribution in [2.75, 3.05) is 13.1 Å². The van der Waals surface area contributed by atoms with E-state index in [9.17, 15) is 0 Å². The summed E-state index contributed by atoms with van der Waals surface area (Å²) >= 11 is 5.23. The highest BCUT2D eigenvalue weighted by atomic mass is 79.9. The first-order chi connectivity index (χ1) is 6.34. The van der Waals surface area contributed by atoms with Crippen LogP contribution in [0.2, 0.25) is 0 Å². The first-order valence-electron chi connectivity index (χ1n) is 4.34. The summed E-state index contributed by atoms with van der Waals surface area (Å²) in [6.07, 6.45) is 1.25. The largest absolute Gasteiger partial charge is 0.316 e. The number of thioether (sulfide) groups is 1. The second-order valence-corrected chi connectivity index (χ2v) is 5.16. The van der Waals surface area contributed by atoms with Gasteiger partial charge in [0.15, 0.2) is 0 Å². The van der Waals surface area contributed by atoms with Gasteiger partial charge in [-0.3, -0.25) is 0 Å². The van der Waals surface area contributed by atoms with E-state index >= 15 is 0 Å². The molecular weight excluding hydrogens is 248 g/mol. The van der Waals surface area contributed by atoms with Crippen molar-refractivity contribution >= 4 is 27.7 Å². The topological polar surface area (TPSA) is 24.9 Å². The molecule has 2 nitrogen and oxygen atoms in total. The van der Waals surface area contributed by atoms with Gasteiger partial charge in [0.1, 0.15) is 4.60 Å². The molecule has 4 heteroatoms. The van der Waals surface area contributed by atoms with Crippen LogP contribution in [-0.4, -0.2) is 23.3 Å². The number of hydrogen-bond acceptors (Lipinski definition) is 3. The summed E-state index contributed by atoms with van der Waals surface area (Å²) in [5.41, 5.74) is 0. The zero-order valence-electron chi connectivity index (χ0n) is 7.16. The second-order valence-electron chi connectivity index (χ2n) is 3.03. The van der Waals surface area contributed by atoms with E-state index in [1.165, 1.54) is 6.42 Å². The summed E-state index contributed by atoms with van der Waals surface area (Å²) in [5.74, 6) is 0. The van der Waals surface area contributed by atoms with Crippen LogP contribution in [0.3, 0.4) is 0 Å². The molecule has 1 unspecified atom stereocenters. The second kappa shape index (κ2) is 4.44. The van der Waals surface area contributed by atoms with Gasteiger partial charge in [-0.1, -0.05) is 6.07 Å². The third-order valence-corrected chi connectivity index (χ3v) is 3.64. The van der Waals surface area contributed by atoms with E-state index in [2.05, 4.69) is 32.3 Å². The van der Waals surface area contributed by atoms with E-state index in [0.29, 0.717) is 5.25 Å². The lowest BCUT2D eigenvalue weighted by Gasteiger charge is -2.06. The van der Waals surface area contributed by atoms with Crippen molar-refractivity contribution in [3.63, 3.8) is 0 Å². The van der Waals surface area contributed by atoms with Crippen LogP contribution in [0.25, 0.3) is 0 Å². The van der Waals surface area contributed by atoms with Crippen molar-refractivity contribution < 1.29 is 0 Å². The summed E-state index contributed by atoms with van der Waals surface area (Å²) in [6.45, 7) is 2.25. The molecule has 70 valence electrons. The molecule has 0 amide bonds. The van der Waals surface area contributed by atoms with Crippen molar-refractivity contribution in [2.24, 2.45) is 0 Å². The number of hydrogen-bond donors (Lipinski definition) is 1. The van der Waals surface area contributed by atoms with Gasteiger partial charge in [0.05, 0.1) is 5.03 Å². The smallest absolute Gasteiger partial charge is 0.107 e. The standard InChI is InChI=1S/C9H11BrN2S/c10-8-2-1-3-9(12-8)13-7-4-5-11-6-7/h1-3,7,11H,4-6H2. The predicted octanol–water partition coefficient (Wildman–Crippen LogP) is 2.30. The average Bonchev–Trinajstić information content (AvgIpc) is 2.57. The summed E-state index contributed by atoms with van der Waals surface area (Å²) in [5, 5.41) is 5.16. The van der Waals surface area contributed by atoms with Gasteiger partial charge in [0.25, 0.3) is 0 Å². The molecule has 0 radical (unpaired) electrons. The van der Waals surface area contributed by atoms with Crippen molar-refractivity contribution in [2.45, 2.75) is 16.7 Å². The van der Waals surface area contributed by atoms with Crippen molar-refractivity contribution in [1.82, 2.24) is 10.3 Å². The number of pyridine rings is 1. The van der Waals surface area contributed by atoms with Gasteiger partial charge in [-0.25, -0.2) is 4.98 Å². The van der Waals surface area contributed by atoms with Crippen molar-refractivity contribution in [3.8, 4) is 0 Å². The molecule has 1 aromatic heterocycles. The molecule has 0 aromatic carbocycles. The average molecular weight is 259 g/mol. The molecular formula is C9H11BrN2S. The quantitative estimate of drug-likeness (QED) is 0.825. The number of halogens is 1. The van der Waals surface area contributed by atoms with E-state index in [-0.39, 0.29) is 0 Å². The Labute approximate surface area is 90.6 Å². The fourth-order valence-electron chi connectivity index (χ4n) is 1.35. The molecule has 13 heavy (non-hydrogen) atoms. The molecule has 1 aromatic rings. The Kier molecular flexibility index (Phi) is 3.24. The Hall–Kier alpha value is -0.0600. The maximum atomic E-state index is 4.39. The number of aromatic nitrogens is 1. The van der Waals surface area contributed by atoms with Crippen LogP contribution in [0, 0.1) is 0 Å². The molecule has 0 spiro atoms. The normalized spacial score (nSPS) is 22.1. The molecule has 1 atom stereocenters.